The van der Waals surface area contributed by atoms with Gasteiger partial charge in [-0.2, -0.15) is 0 Å². The van der Waals surface area contributed by atoms with Crippen LogP contribution in [0.4, 0.5) is 0 Å². The van der Waals surface area contributed by atoms with Crippen molar-refractivity contribution in [2.45, 2.75) is 322 Å². The molecule has 0 spiro atoms. The van der Waals surface area contributed by atoms with Crippen molar-refractivity contribution in [1.29, 1.82) is 0 Å². The van der Waals surface area contributed by atoms with Crippen LogP contribution < -0.4 is 0 Å². The molecule has 0 aliphatic carbocycles. The summed E-state index contributed by atoms with van der Waals surface area (Å²) in [6, 6.07) is 0. The highest BCUT2D eigenvalue weighted by atomic mass is 16.6. The van der Waals surface area contributed by atoms with Crippen molar-refractivity contribution in [1.82, 2.24) is 0 Å². The summed E-state index contributed by atoms with van der Waals surface area (Å²) in [7, 11) is 0. The van der Waals surface area contributed by atoms with Crippen molar-refractivity contribution >= 4 is 17.9 Å². The molecular formula is C61H112O6. The summed E-state index contributed by atoms with van der Waals surface area (Å²) in [4.78, 5) is 38.2. The molecule has 6 heteroatoms. The van der Waals surface area contributed by atoms with Crippen LogP contribution in [0.25, 0.3) is 0 Å². The summed E-state index contributed by atoms with van der Waals surface area (Å²) < 4.78 is 16.9. The smallest absolute Gasteiger partial charge is 0.306 e. The van der Waals surface area contributed by atoms with E-state index in [-0.39, 0.29) is 31.1 Å². The minimum atomic E-state index is -0.773. The summed E-state index contributed by atoms with van der Waals surface area (Å²) in [5.41, 5.74) is 0. The Morgan fingerprint density at radius 1 is 0.299 bits per heavy atom. The van der Waals surface area contributed by atoms with Crippen molar-refractivity contribution in [3.05, 3.63) is 36.5 Å². The molecule has 0 aliphatic heterocycles. The number of ether oxygens (including phenoxy) is 3. The number of allylic oxidation sites excluding steroid dienone is 6. The van der Waals surface area contributed by atoms with E-state index in [1.807, 2.05) is 0 Å². The van der Waals surface area contributed by atoms with Gasteiger partial charge in [-0.3, -0.25) is 14.4 Å². The van der Waals surface area contributed by atoms with E-state index in [9.17, 15) is 14.4 Å². The van der Waals surface area contributed by atoms with Gasteiger partial charge in [-0.05, 0) is 77.0 Å². The molecule has 0 bridgehead atoms. The van der Waals surface area contributed by atoms with Crippen LogP contribution in [-0.2, 0) is 28.6 Å². The number of carbonyl (C=O) groups excluding carboxylic acids is 3. The molecule has 0 aromatic heterocycles. The predicted octanol–water partition coefficient (Wildman–Crippen LogP) is 19.7. The van der Waals surface area contributed by atoms with Gasteiger partial charge in [-0.25, -0.2) is 0 Å². The monoisotopic (exact) mass is 941 g/mol. The second-order valence-electron chi connectivity index (χ2n) is 19.9. The molecule has 0 radical (unpaired) electrons. The Hall–Kier alpha value is -2.37. The Morgan fingerprint density at radius 2 is 0.537 bits per heavy atom. The minimum Gasteiger partial charge on any atom is -0.462 e. The minimum absolute atomic E-state index is 0.0712. The predicted molar refractivity (Wildman–Crippen MR) is 289 cm³/mol. The van der Waals surface area contributed by atoms with Gasteiger partial charge in [-0.15, -0.1) is 0 Å². The van der Waals surface area contributed by atoms with Gasteiger partial charge in [0.2, 0.25) is 0 Å². The lowest BCUT2D eigenvalue weighted by molar-refractivity contribution is -0.167. The number of unbranched alkanes of at least 4 members (excludes halogenated alkanes) is 37. The molecule has 0 aromatic carbocycles. The second kappa shape index (κ2) is 56.2. The first-order chi connectivity index (χ1) is 33.0. The van der Waals surface area contributed by atoms with E-state index >= 15 is 0 Å². The van der Waals surface area contributed by atoms with Gasteiger partial charge in [-0.1, -0.05) is 256 Å². The highest BCUT2D eigenvalue weighted by Crippen LogP contribution is 2.16. The van der Waals surface area contributed by atoms with E-state index in [1.54, 1.807) is 0 Å². The zero-order chi connectivity index (χ0) is 48.6. The number of esters is 3. The lowest BCUT2D eigenvalue weighted by Gasteiger charge is -2.18. The van der Waals surface area contributed by atoms with Crippen molar-refractivity contribution in [3.8, 4) is 0 Å². The molecule has 0 N–H and O–H groups in total. The molecule has 67 heavy (non-hydrogen) atoms. The Labute approximate surface area is 416 Å². The zero-order valence-electron chi connectivity index (χ0n) is 44.9. The Bertz CT molecular complexity index is 1130. The number of hydrogen-bond donors (Lipinski definition) is 0. The van der Waals surface area contributed by atoms with Crippen molar-refractivity contribution in [2.24, 2.45) is 0 Å². The summed E-state index contributed by atoms with van der Waals surface area (Å²) in [5, 5.41) is 0. The molecule has 0 amide bonds. The van der Waals surface area contributed by atoms with Crippen LogP contribution >= 0.6 is 0 Å². The maximum absolute atomic E-state index is 12.9. The van der Waals surface area contributed by atoms with Crippen LogP contribution in [-0.4, -0.2) is 37.2 Å². The lowest BCUT2D eigenvalue weighted by Crippen LogP contribution is -2.30. The SMILES string of the molecule is CCCCC/C=C/C/C=C/CCCCCCCCCCCC(=O)OC[C@@H](COC(=O)CCCCCCCCCCCCCCCCC)OC(=O)CCCCCCCCC/C=C/CCCCCC. The topological polar surface area (TPSA) is 78.9 Å². The molecular weight excluding hydrogens is 829 g/mol. The van der Waals surface area contributed by atoms with Crippen molar-refractivity contribution < 1.29 is 28.6 Å². The normalized spacial score (nSPS) is 12.2. The summed E-state index contributed by atoms with van der Waals surface area (Å²) in [5.74, 6) is -0.862. The van der Waals surface area contributed by atoms with Gasteiger partial charge in [0.05, 0.1) is 0 Å². The van der Waals surface area contributed by atoms with Crippen LogP contribution in [0, 0.1) is 0 Å². The van der Waals surface area contributed by atoms with Gasteiger partial charge < -0.3 is 14.2 Å². The highest BCUT2D eigenvalue weighted by molar-refractivity contribution is 5.71. The third-order valence-corrected chi connectivity index (χ3v) is 13.1. The second-order valence-corrected chi connectivity index (χ2v) is 19.9. The molecule has 392 valence electrons. The average molecular weight is 942 g/mol. The third kappa shape index (κ3) is 54.4. The summed E-state index contributed by atoms with van der Waals surface area (Å²) in [6.45, 7) is 6.64. The number of carbonyl (C=O) groups is 3. The quantitative estimate of drug-likeness (QED) is 0.0262. The molecule has 6 nitrogen and oxygen atoms in total. The third-order valence-electron chi connectivity index (χ3n) is 13.1. The fourth-order valence-corrected chi connectivity index (χ4v) is 8.65. The maximum atomic E-state index is 12.9. The molecule has 0 rings (SSSR count). The van der Waals surface area contributed by atoms with Crippen LogP contribution in [0.3, 0.4) is 0 Å². The van der Waals surface area contributed by atoms with Gasteiger partial charge in [0.1, 0.15) is 13.2 Å². The fourth-order valence-electron chi connectivity index (χ4n) is 8.65. The molecule has 0 unspecified atom stereocenters. The van der Waals surface area contributed by atoms with E-state index < -0.39 is 6.10 Å². The first kappa shape index (κ1) is 64.6. The van der Waals surface area contributed by atoms with Crippen LogP contribution in [0.15, 0.2) is 36.5 Å². The van der Waals surface area contributed by atoms with Gasteiger partial charge in [0, 0.05) is 19.3 Å². The molecule has 0 aromatic rings. The van der Waals surface area contributed by atoms with Gasteiger partial charge in [0.15, 0.2) is 6.10 Å². The molecule has 0 heterocycles. The Kier molecular flexibility index (Phi) is 54.2. The van der Waals surface area contributed by atoms with Crippen molar-refractivity contribution in [3.63, 3.8) is 0 Å². The molecule has 0 saturated heterocycles. The summed E-state index contributed by atoms with van der Waals surface area (Å²) >= 11 is 0. The largest absolute Gasteiger partial charge is 0.462 e. The Morgan fingerprint density at radius 3 is 0.881 bits per heavy atom. The molecule has 1 atom stereocenters. The average Bonchev–Trinajstić information content (AvgIpc) is 3.33. The van der Waals surface area contributed by atoms with Crippen LogP contribution in [0.5, 0.6) is 0 Å². The van der Waals surface area contributed by atoms with E-state index in [0.717, 1.165) is 64.2 Å². The molecule has 0 fully saturated rings. The summed E-state index contributed by atoms with van der Waals surface area (Å²) in [6.07, 6.45) is 67.0. The van der Waals surface area contributed by atoms with E-state index in [2.05, 4.69) is 57.2 Å². The Balaban J connectivity index is 4.33. The van der Waals surface area contributed by atoms with E-state index in [0.29, 0.717) is 19.3 Å². The zero-order valence-corrected chi connectivity index (χ0v) is 44.9. The van der Waals surface area contributed by atoms with Gasteiger partial charge >= 0.3 is 17.9 Å². The fraction of sp³-hybridized carbons (Fsp3) is 0.852. The number of hydrogen-bond acceptors (Lipinski definition) is 6. The highest BCUT2D eigenvalue weighted by Gasteiger charge is 2.19. The molecule has 0 aliphatic rings. The number of rotatable bonds is 54. The van der Waals surface area contributed by atoms with Crippen molar-refractivity contribution in [2.75, 3.05) is 13.2 Å². The molecule has 0 saturated carbocycles. The lowest BCUT2D eigenvalue weighted by atomic mass is 10.0. The van der Waals surface area contributed by atoms with Crippen LogP contribution in [0.2, 0.25) is 0 Å². The first-order valence-electron chi connectivity index (χ1n) is 29.5. The standard InChI is InChI=1S/C61H112O6/c1-4-7-10-13-16-19-22-25-28-29-30-31-34-36-39-42-45-48-51-54-60(63)66-57-58(67-61(64)55-52-49-46-43-40-37-33-27-24-21-18-15-12-9-6-3)56-65-59(62)53-50-47-44-41-38-35-32-26-23-20-17-14-11-8-5-2/h16,19,21,24-25,28,58H,4-15,17-18,20,22-23,26-27,29-57H2,1-3H3/b19-16+,24-21+,28-25+/t58-/m1/s1. The van der Waals surface area contributed by atoms with E-state index in [4.69, 9.17) is 14.2 Å². The van der Waals surface area contributed by atoms with Gasteiger partial charge in [0.25, 0.3) is 0 Å². The van der Waals surface area contributed by atoms with Crippen LogP contribution in [0.1, 0.15) is 316 Å². The van der Waals surface area contributed by atoms with E-state index in [1.165, 1.54) is 212 Å². The first-order valence-corrected chi connectivity index (χ1v) is 29.5. The maximum Gasteiger partial charge on any atom is 0.306 e.